The first-order chi connectivity index (χ1) is 18.4. The number of ether oxygens (including phenoxy) is 6. The predicted molar refractivity (Wildman–Crippen MR) is 139 cm³/mol. The zero-order chi connectivity index (χ0) is 27.0. The molecule has 10 nitrogen and oxygen atoms in total. The Hall–Kier alpha value is -4.25. The van der Waals surface area contributed by atoms with E-state index in [2.05, 4.69) is 4.99 Å². The van der Waals surface area contributed by atoms with Gasteiger partial charge >= 0.3 is 5.97 Å². The standard InChI is InChI=1S/C27H26N2O8S/c1-6-35-26(31)22-14(2)28-27-29(23(22)16-7-8-17-18(12-16)37-13-36-17)25(30)21(38-27)11-15-9-19(32-3)24(34-5)20(10-15)33-4/h7-12,23H,6,13H2,1-5H3/b21-11-/t23-/m0/s1. The summed E-state index contributed by atoms with van der Waals surface area (Å²) in [5.74, 6) is 1.98. The Balaban J connectivity index is 1.71. The lowest BCUT2D eigenvalue weighted by Gasteiger charge is -2.24. The second-order valence-corrected chi connectivity index (χ2v) is 9.38. The number of aromatic nitrogens is 1. The maximum absolute atomic E-state index is 13.9. The van der Waals surface area contributed by atoms with Crippen molar-refractivity contribution >= 4 is 23.4 Å². The van der Waals surface area contributed by atoms with E-state index in [4.69, 9.17) is 28.4 Å². The molecule has 198 valence electrons. The van der Waals surface area contributed by atoms with Gasteiger partial charge in [0.25, 0.3) is 5.56 Å². The molecule has 0 N–H and O–H groups in total. The van der Waals surface area contributed by atoms with Gasteiger partial charge in [0.15, 0.2) is 27.8 Å². The van der Waals surface area contributed by atoms with Gasteiger partial charge in [0.1, 0.15) is 0 Å². The minimum atomic E-state index is -0.762. The molecule has 0 unspecified atom stereocenters. The summed E-state index contributed by atoms with van der Waals surface area (Å²) in [6, 6.07) is 8.10. The Morgan fingerprint density at radius 1 is 1.11 bits per heavy atom. The molecule has 3 aromatic rings. The van der Waals surface area contributed by atoms with Crippen LogP contribution in [-0.2, 0) is 9.53 Å². The van der Waals surface area contributed by atoms with Crippen molar-refractivity contribution in [3.8, 4) is 28.7 Å². The average molecular weight is 539 g/mol. The van der Waals surface area contributed by atoms with Crippen molar-refractivity contribution in [1.82, 2.24) is 4.57 Å². The largest absolute Gasteiger partial charge is 0.493 e. The maximum atomic E-state index is 13.9. The van der Waals surface area contributed by atoms with Crippen LogP contribution < -0.4 is 38.6 Å². The van der Waals surface area contributed by atoms with Gasteiger partial charge in [0.2, 0.25) is 12.5 Å². The number of thiazole rings is 1. The number of rotatable bonds is 7. The topological polar surface area (TPSA) is 107 Å². The van der Waals surface area contributed by atoms with E-state index >= 15 is 0 Å². The average Bonchev–Trinajstić information content (AvgIpc) is 3.50. The fourth-order valence-electron chi connectivity index (χ4n) is 4.53. The highest BCUT2D eigenvalue weighted by atomic mass is 32.1. The molecular weight excluding hydrogens is 512 g/mol. The van der Waals surface area contributed by atoms with Crippen molar-refractivity contribution in [3.63, 3.8) is 0 Å². The first-order valence-electron chi connectivity index (χ1n) is 11.8. The number of hydrogen-bond donors (Lipinski definition) is 0. The number of methoxy groups -OCH3 is 3. The van der Waals surface area contributed by atoms with Crippen molar-refractivity contribution in [2.45, 2.75) is 19.9 Å². The second-order valence-electron chi connectivity index (χ2n) is 8.37. The lowest BCUT2D eigenvalue weighted by Crippen LogP contribution is -2.39. The fourth-order valence-corrected chi connectivity index (χ4v) is 5.57. The molecule has 0 bridgehead atoms. The van der Waals surface area contributed by atoms with Crippen LogP contribution in [0.3, 0.4) is 0 Å². The molecule has 0 saturated heterocycles. The molecule has 1 atom stereocenters. The molecule has 11 heteroatoms. The van der Waals surface area contributed by atoms with Crippen LogP contribution >= 0.6 is 11.3 Å². The molecule has 0 spiro atoms. The smallest absolute Gasteiger partial charge is 0.338 e. The summed E-state index contributed by atoms with van der Waals surface area (Å²) in [6.07, 6.45) is 1.73. The summed E-state index contributed by atoms with van der Waals surface area (Å²) in [5.41, 5.74) is 1.81. The molecule has 3 heterocycles. The van der Waals surface area contributed by atoms with Gasteiger partial charge in [0, 0.05) is 0 Å². The minimum Gasteiger partial charge on any atom is -0.493 e. The molecule has 2 aliphatic heterocycles. The second kappa shape index (κ2) is 10.3. The van der Waals surface area contributed by atoms with E-state index in [0.717, 1.165) is 0 Å². The number of allylic oxidation sites excluding steroid dienone is 1. The molecule has 2 aromatic carbocycles. The van der Waals surface area contributed by atoms with Crippen molar-refractivity contribution in [2.24, 2.45) is 4.99 Å². The molecule has 38 heavy (non-hydrogen) atoms. The van der Waals surface area contributed by atoms with Crippen molar-refractivity contribution in [2.75, 3.05) is 34.7 Å². The summed E-state index contributed by atoms with van der Waals surface area (Å²) in [5, 5.41) is 0. The van der Waals surface area contributed by atoms with Gasteiger partial charge in [-0.15, -0.1) is 0 Å². The van der Waals surface area contributed by atoms with Crippen LogP contribution in [0.5, 0.6) is 28.7 Å². The molecule has 5 rings (SSSR count). The summed E-state index contributed by atoms with van der Waals surface area (Å²) in [4.78, 5) is 32.0. The van der Waals surface area contributed by atoms with E-state index in [1.165, 1.54) is 37.2 Å². The van der Waals surface area contributed by atoms with Crippen LogP contribution in [0.4, 0.5) is 0 Å². The Kier molecular flexibility index (Phi) is 6.85. The molecular formula is C27H26N2O8S. The van der Waals surface area contributed by atoms with E-state index in [1.54, 1.807) is 44.2 Å². The van der Waals surface area contributed by atoms with Gasteiger partial charge in [-0.2, -0.15) is 0 Å². The zero-order valence-corrected chi connectivity index (χ0v) is 22.3. The van der Waals surface area contributed by atoms with E-state index in [0.29, 0.717) is 54.9 Å². The monoisotopic (exact) mass is 538 g/mol. The molecule has 0 fully saturated rings. The highest BCUT2D eigenvalue weighted by Gasteiger charge is 2.34. The van der Waals surface area contributed by atoms with Gasteiger partial charge in [0.05, 0.1) is 49.8 Å². The van der Waals surface area contributed by atoms with Gasteiger partial charge in [-0.1, -0.05) is 17.4 Å². The third-order valence-electron chi connectivity index (χ3n) is 6.21. The SMILES string of the molecule is CCOC(=O)C1=C(C)N=c2s/c(=C\c3cc(OC)c(OC)c(OC)c3)c(=O)n2[C@H]1c1ccc2c(c1)OCO2. The quantitative estimate of drug-likeness (QED) is 0.423. The summed E-state index contributed by atoms with van der Waals surface area (Å²) >= 11 is 1.22. The van der Waals surface area contributed by atoms with Crippen LogP contribution in [0, 0.1) is 0 Å². The summed E-state index contributed by atoms with van der Waals surface area (Å²) in [7, 11) is 4.58. The van der Waals surface area contributed by atoms with Gasteiger partial charge in [-0.25, -0.2) is 9.79 Å². The van der Waals surface area contributed by atoms with Crippen molar-refractivity contribution in [1.29, 1.82) is 0 Å². The van der Waals surface area contributed by atoms with E-state index < -0.39 is 12.0 Å². The molecule has 0 saturated carbocycles. The highest BCUT2D eigenvalue weighted by Crippen LogP contribution is 2.39. The van der Waals surface area contributed by atoms with Gasteiger partial charge < -0.3 is 28.4 Å². The third kappa shape index (κ3) is 4.28. The van der Waals surface area contributed by atoms with Crippen LogP contribution in [0.2, 0.25) is 0 Å². The van der Waals surface area contributed by atoms with Crippen molar-refractivity contribution in [3.05, 3.63) is 72.4 Å². The van der Waals surface area contributed by atoms with E-state index in [-0.39, 0.29) is 24.5 Å². The molecule has 0 radical (unpaired) electrons. The Bertz CT molecular complexity index is 1610. The molecule has 2 aliphatic rings. The lowest BCUT2D eigenvalue weighted by atomic mass is 9.95. The zero-order valence-electron chi connectivity index (χ0n) is 21.5. The summed E-state index contributed by atoms with van der Waals surface area (Å²) < 4.78 is 34.6. The number of fused-ring (bicyclic) bond motifs is 2. The Morgan fingerprint density at radius 2 is 1.82 bits per heavy atom. The first kappa shape index (κ1) is 25.4. The van der Waals surface area contributed by atoms with E-state index in [9.17, 15) is 9.59 Å². The fraction of sp³-hybridized carbons (Fsp3) is 0.296. The highest BCUT2D eigenvalue weighted by molar-refractivity contribution is 7.07. The molecule has 1 aromatic heterocycles. The number of nitrogens with zero attached hydrogens (tertiary/aromatic N) is 2. The number of esters is 1. The lowest BCUT2D eigenvalue weighted by molar-refractivity contribution is -0.139. The number of hydrogen-bond acceptors (Lipinski definition) is 10. The normalized spacial score (nSPS) is 16.1. The number of carbonyl (C=O) groups excluding carboxylic acids is 1. The summed E-state index contributed by atoms with van der Waals surface area (Å²) in [6.45, 7) is 3.77. The van der Waals surface area contributed by atoms with Crippen LogP contribution in [0.15, 0.2) is 51.4 Å². The van der Waals surface area contributed by atoms with Crippen LogP contribution in [0.1, 0.15) is 31.0 Å². The molecule has 0 amide bonds. The van der Waals surface area contributed by atoms with Crippen LogP contribution in [-0.4, -0.2) is 45.3 Å². The van der Waals surface area contributed by atoms with Gasteiger partial charge in [-0.05, 0) is 55.3 Å². The number of carbonyl (C=O) groups is 1. The predicted octanol–water partition coefficient (Wildman–Crippen LogP) is 2.55. The third-order valence-corrected chi connectivity index (χ3v) is 7.20. The first-order valence-corrected chi connectivity index (χ1v) is 12.6. The maximum Gasteiger partial charge on any atom is 0.338 e. The Labute approximate surface area is 222 Å². The van der Waals surface area contributed by atoms with Crippen LogP contribution in [0.25, 0.3) is 6.08 Å². The molecule has 0 aliphatic carbocycles. The van der Waals surface area contributed by atoms with E-state index in [1.807, 2.05) is 6.07 Å². The van der Waals surface area contributed by atoms with Crippen molar-refractivity contribution < 1.29 is 33.2 Å². The number of benzene rings is 2. The van der Waals surface area contributed by atoms with Gasteiger partial charge in [-0.3, -0.25) is 9.36 Å². The Morgan fingerprint density at radius 3 is 2.47 bits per heavy atom. The minimum absolute atomic E-state index is 0.107.